The zero-order chi connectivity index (χ0) is 21.5. The minimum atomic E-state index is -0.403. The third kappa shape index (κ3) is 5.63. The standard InChI is InChI=1S/C22H18Cl2N2O3S/c1-2-28-19-9-4-3-8-17(19)25-22(30)26-20(27)13-11-14-10-12-18(29-14)15-6-5-7-16(23)21(15)24/h3-13H,2H2,1H3,(H2,25,26,27,30). The van der Waals surface area contributed by atoms with E-state index < -0.39 is 5.91 Å². The molecule has 0 aliphatic heterocycles. The molecule has 8 heteroatoms. The van der Waals surface area contributed by atoms with E-state index in [1.54, 1.807) is 30.3 Å². The SMILES string of the molecule is CCOc1ccccc1NC(=S)NC(=O)C=Cc1ccc(-c2cccc(Cl)c2Cl)o1. The predicted octanol–water partition coefficient (Wildman–Crippen LogP) is 6.18. The Balaban J connectivity index is 1.61. The molecule has 0 saturated carbocycles. The van der Waals surface area contributed by atoms with Gasteiger partial charge >= 0.3 is 0 Å². The Kier molecular flexibility index (Phi) is 7.52. The maximum atomic E-state index is 12.2. The van der Waals surface area contributed by atoms with Crippen molar-refractivity contribution in [1.82, 2.24) is 5.32 Å². The molecule has 0 saturated heterocycles. The van der Waals surface area contributed by atoms with Gasteiger partial charge in [-0.3, -0.25) is 10.1 Å². The maximum Gasteiger partial charge on any atom is 0.250 e. The normalized spacial score (nSPS) is 10.8. The van der Waals surface area contributed by atoms with Crippen molar-refractivity contribution in [3.8, 4) is 17.1 Å². The summed E-state index contributed by atoms with van der Waals surface area (Å²) in [6.07, 6.45) is 2.86. The van der Waals surface area contributed by atoms with Crippen LogP contribution in [0.15, 0.2) is 65.1 Å². The van der Waals surface area contributed by atoms with Gasteiger partial charge in [-0.2, -0.15) is 0 Å². The number of benzene rings is 2. The monoisotopic (exact) mass is 460 g/mol. The first-order valence-corrected chi connectivity index (χ1v) is 10.2. The number of rotatable bonds is 6. The lowest BCUT2D eigenvalue weighted by Gasteiger charge is -2.12. The maximum absolute atomic E-state index is 12.2. The van der Waals surface area contributed by atoms with E-state index in [2.05, 4.69) is 10.6 Å². The highest BCUT2D eigenvalue weighted by Gasteiger charge is 2.11. The lowest BCUT2D eigenvalue weighted by molar-refractivity contribution is -0.115. The number of carbonyl (C=O) groups is 1. The molecular formula is C22H18Cl2N2O3S. The average molecular weight is 461 g/mol. The number of para-hydroxylation sites is 2. The number of carbonyl (C=O) groups excluding carboxylic acids is 1. The van der Waals surface area contributed by atoms with Crippen LogP contribution in [0.1, 0.15) is 12.7 Å². The molecule has 0 spiro atoms. The van der Waals surface area contributed by atoms with Crippen LogP contribution in [-0.2, 0) is 4.79 Å². The summed E-state index contributed by atoms with van der Waals surface area (Å²) in [5.41, 5.74) is 1.34. The fourth-order valence-electron chi connectivity index (χ4n) is 2.60. The van der Waals surface area contributed by atoms with Gasteiger partial charge in [-0.25, -0.2) is 0 Å². The van der Waals surface area contributed by atoms with E-state index in [0.29, 0.717) is 45.2 Å². The van der Waals surface area contributed by atoms with Crippen molar-refractivity contribution < 1.29 is 13.9 Å². The minimum Gasteiger partial charge on any atom is -0.492 e. The number of hydrogen-bond donors (Lipinski definition) is 2. The molecule has 0 fully saturated rings. The number of thiocarbonyl (C=S) groups is 1. The van der Waals surface area contributed by atoms with Crippen LogP contribution in [0.4, 0.5) is 5.69 Å². The minimum absolute atomic E-state index is 0.155. The Morgan fingerprint density at radius 2 is 1.93 bits per heavy atom. The van der Waals surface area contributed by atoms with Crippen molar-refractivity contribution in [3.63, 3.8) is 0 Å². The van der Waals surface area contributed by atoms with Gasteiger partial charge in [0.05, 0.1) is 22.3 Å². The summed E-state index contributed by atoms with van der Waals surface area (Å²) in [5.74, 6) is 1.28. The molecule has 0 aliphatic rings. The molecule has 0 atom stereocenters. The Bertz CT molecular complexity index is 1100. The van der Waals surface area contributed by atoms with Crippen LogP contribution in [0.25, 0.3) is 17.4 Å². The first-order valence-electron chi connectivity index (χ1n) is 9.04. The molecule has 0 unspecified atom stereocenters. The van der Waals surface area contributed by atoms with E-state index in [4.69, 9.17) is 44.6 Å². The molecule has 30 heavy (non-hydrogen) atoms. The molecule has 0 radical (unpaired) electrons. The quantitative estimate of drug-likeness (QED) is 0.339. The highest BCUT2D eigenvalue weighted by atomic mass is 35.5. The van der Waals surface area contributed by atoms with E-state index in [1.807, 2.05) is 31.2 Å². The summed E-state index contributed by atoms with van der Waals surface area (Å²) >= 11 is 17.5. The summed E-state index contributed by atoms with van der Waals surface area (Å²) < 4.78 is 11.2. The van der Waals surface area contributed by atoms with Crippen molar-refractivity contribution in [2.24, 2.45) is 0 Å². The summed E-state index contributed by atoms with van der Waals surface area (Å²) in [4.78, 5) is 12.2. The van der Waals surface area contributed by atoms with Crippen LogP contribution in [0.2, 0.25) is 10.0 Å². The molecule has 5 nitrogen and oxygen atoms in total. The molecule has 154 valence electrons. The van der Waals surface area contributed by atoms with Gasteiger partial charge in [0, 0.05) is 11.6 Å². The number of hydrogen-bond acceptors (Lipinski definition) is 4. The number of nitrogens with one attached hydrogen (secondary N) is 2. The molecule has 0 aliphatic carbocycles. The first-order chi connectivity index (χ1) is 14.5. The number of furan rings is 1. The van der Waals surface area contributed by atoms with Crippen molar-refractivity contribution in [1.29, 1.82) is 0 Å². The smallest absolute Gasteiger partial charge is 0.250 e. The molecule has 1 heterocycles. The zero-order valence-corrected chi connectivity index (χ0v) is 18.3. The van der Waals surface area contributed by atoms with E-state index >= 15 is 0 Å². The van der Waals surface area contributed by atoms with Crippen molar-refractivity contribution >= 4 is 58.2 Å². The molecule has 3 aromatic rings. The van der Waals surface area contributed by atoms with Crippen molar-refractivity contribution in [3.05, 3.63) is 76.5 Å². The van der Waals surface area contributed by atoms with Gasteiger partial charge in [-0.15, -0.1) is 0 Å². The summed E-state index contributed by atoms with van der Waals surface area (Å²) in [7, 11) is 0. The summed E-state index contributed by atoms with van der Waals surface area (Å²) in [6, 6.07) is 16.1. The second kappa shape index (κ2) is 10.3. The molecule has 1 amide bonds. The topological polar surface area (TPSA) is 63.5 Å². The third-order valence-corrected chi connectivity index (χ3v) is 4.94. The first kappa shape index (κ1) is 21.9. The number of ether oxygens (including phenoxy) is 1. The van der Waals surface area contributed by atoms with Crippen LogP contribution in [0.5, 0.6) is 5.75 Å². The second-order valence-electron chi connectivity index (χ2n) is 6.01. The summed E-state index contributed by atoms with van der Waals surface area (Å²) in [6.45, 7) is 2.41. The van der Waals surface area contributed by atoms with Crippen molar-refractivity contribution in [2.75, 3.05) is 11.9 Å². The van der Waals surface area contributed by atoms with E-state index in [-0.39, 0.29) is 5.11 Å². The Morgan fingerprint density at radius 1 is 1.13 bits per heavy atom. The molecular weight excluding hydrogens is 443 g/mol. The Labute approximate surface area is 189 Å². The van der Waals surface area contributed by atoms with Gasteiger partial charge in [0.25, 0.3) is 0 Å². The second-order valence-corrected chi connectivity index (χ2v) is 7.20. The molecule has 2 aromatic carbocycles. The fraction of sp³-hybridized carbons (Fsp3) is 0.0909. The predicted molar refractivity (Wildman–Crippen MR) is 125 cm³/mol. The van der Waals surface area contributed by atoms with Gasteiger partial charge < -0.3 is 14.5 Å². The van der Waals surface area contributed by atoms with Crippen LogP contribution < -0.4 is 15.4 Å². The highest BCUT2D eigenvalue weighted by Crippen LogP contribution is 2.34. The Hall–Kier alpha value is -2.80. The third-order valence-electron chi connectivity index (χ3n) is 3.91. The lowest BCUT2D eigenvalue weighted by Crippen LogP contribution is -2.32. The van der Waals surface area contributed by atoms with Gasteiger partial charge in [-0.05, 0) is 61.6 Å². The molecule has 0 bridgehead atoms. The largest absolute Gasteiger partial charge is 0.492 e. The lowest BCUT2D eigenvalue weighted by atomic mass is 10.2. The van der Waals surface area contributed by atoms with Crippen LogP contribution in [0, 0.1) is 0 Å². The number of anilines is 1. The van der Waals surface area contributed by atoms with E-state index in [9.17, 15) is 4.79 Å². The van der Waals surface area contributed by atoms with Crippen molar-refractivity contribution in [2.45, 2.75) is 6.92 Å². The van der Waals surface area contributed by atoms with E-state index in [0.717, 1.165) is 0 Å². The highest BCUT2D eigenvalue weighted by molar-refractivity contribution is 7.80. The number of halogens is 2. The van der Waals surface area contributed by atoms with Crippen LogP contribution in [-0.4, -0.2) is 17.6 Å². The average Bonchev–Trinajstić information content (AvgIpc) is 3.19. The zero-order valence-electron chi connectivity index (χ0n) is 15.9. The number of amides is 1. The molecule has 2 N–H and O–H groups in total. The molecule has 1 aromatic heterocycles. The summed E-state index contributed by atoms with van der Waals surface area (Å²) in [5, 5.41) is 6.54. The van der Waals surface area contributed by atoms with Gasteiger partial charge in [-0.1, -0.05) is 41.4 Å². The van der Waals surface area contributed by atoms with Gasteiger partial charge in [0.1, 0.15) is 17.3 Å². The molecule has 3 rings (SSSR count). The van der Waals surface area contributed by atoms with Gasteiger partial charge in [0.15, 0.2) is 5.11 Å². The Morgan fingerprint density at radius 3 is 2.73 bits per heavy atom. The van der Waals surface area contributed by atoms with Crippen LogP contribution >= 0.6 is 35.4 Å². The van der Waals surface area contributed by atoms with E-state index in [1.165, 1.54) is 12.2 Å². The van der Waals surface area contributed by atoms with Gasteiger partial charge in [0.2, 0.25) is 5.91 Å². The fourth-order valence-corrected chi connectivity index (χ4v) is 3.20. The van der Waals surface area contributed by atoms with Crippen LogP contribution in [0.3, 0.4) is 0 Å².